The minimum Gasteiger partial charge on any atom is -0.203 e. The third-order valence-corrected chi connectivity index (χ3v) is 2.97. The molecular weight excluding hydrogens is 190 g/mol. The minimum absolute atomic E-state index is 0.737. The Hall–Kier alpha value is -0.690. The van der Waals surface area contributed by atoms with E-state index in [1.807, 2.05) is 24.5 Å². The molecule has 3 heteroatoms. The number of benzene rings is 1. The molecule has 1 aliphatic heterocycles. The van der Waals surface area contributed by atoms with E-state index in [1.165, 1.54) is 0 Å². The highest BCUT2D eigenvalue weighted by molar-refractivity contribution is 8.02. The number of nitrogens with zero attached hydrogens (tertiary/aromatic N) is 1. The van der Waals surface area contributed by atoms with Gasteiger partial charge in [-0.05, 0) is 24.4 Å². The van der Waals surface area contributed by atoms with Crippen molar-refractivity contribution in [1.82, 2.24) is 0 Å². The molecule has 1 aromatic rings. The van der Waals surface area contributed by atoms with Gasteiger partial charge in [0.25, 0.3) is 0 Å². The summed E-state index contributed by atoms with van der Waals surface area (Å²) in [5.41, 5.74) is 1.91. The van der Waals surface area contributed by atoms with Gasteiger partial charge in [-0.15, -0.1) is 0 Å². The van der Waals surface area contributed by atoms with Crippen LogP contribution in [-0.2, 0) is 0 Å². The highest BCUT2D eigenvalue weighted by Crippen LogP contribution is 2.39. The summed E-state index contributed by atoms with van der Waals surface area (Å²) in [6.07, 6.45) is 0. The number of thioether (sulfide) groups is 1. The maximum atomic E-state index is 6.05. The Kier molecular flexibility index (Phi) is 1.97. The van der Waals surface area contributed by atoms with Crippen LogP contribution >= 0.6 is 23.4 Å². The molecule has 12 heavy (non-hydrogen) atoms. The zero-order valence-corrected chi connectivity index (χ0v) is 8.04. The van der Waals surface area contributed by atoms with Gasteiger partial charge in [-0.2, -0.15) is 0 Å². The lowest BCUT2D eigenvalue weighted by Gasteiger charge is -2.07. The molecule has 1 aliphatic rings. The minimum atomic E-state index is 0.737. The van der Waals surface area contributed by atoms with Gasteiger partial charge in [0.15, 0.2) is 0 Å². The predicted molar refractivity (Wildman–Crippen MR) is 53.7 cm³/mol. The summed E-state index contributed by atoms with van der Waals surface area (Å²) >= 11 is 7.65. The van der Waals surface area contributed by atoms with E-state index < -0.39 is 0 Å². The number of aryl methyl sites for hydroxylation is 1. The van der Waals surface area contributed by atoms with E-state index in [-0.39, 0.29) is 0 Å². The normalized spacial score (nSPS) is 13.2. The van der Waals surface area contributed by atoms with Crippen LogP contribution in [0.3, 0.4) is 0 Å². The molecule has 0 spiro atoms. The highest BCUT2D eigenvalue weighted by atomic mass is 35.5. The molecule has 0 unspecified atom stereocenters. The Morgan fingerprint density at radius 3 is 3.17 bits per heavy atom. The molecule has 0 N–H and O–H groups in total. The average molecular weight is 196 g/mol. The summed E-state index contributed by atoms with van der Waals surface area (Å²) in [6, 6.07) is 4.03. The summed E-state index contributed by atoms with van der Waals surface area (Å²) in [7, 11) is 0. The monoisotopic (exact) mass is 195 g/mol. The van der Waals surface area contributed by atoms with Crippen LogP contribution in [0.2, 0.25) is 5.02 Å². The first-order valence-corrected chi connectivity index (χ1v) is 4.78. The van der Waals surface area contributed by atoms with Gasteiger partial charge >= 0.3 is 0 Å². The largest absolute Gasteiger partial charge is 0.203 e. The summed E-state index contributed by atoms with van der Waals surface area (Å²) in [6.45, 7) is 1.97. The fourth-order valence-corrected chi connectivity index (χ4v) is 1.93. The van der Waals surface area contributed by atoms with Crippen molar-refractivity contribution in [3.8, 4) is 0 Å². The fraction of sp³-hybridized carbons (Fsp3) is 0.111. The van der Waals surface area contributed by atoms with E-state index in [0.29, 0.717) is 0 Å². The second kappa shape index (κ2) is 2.98. The molecule has 0 aromatic heterocycles. The summed E-state index contributed by atoms with van der Waals surface area (Å²) in [4.78, 5) is 5.20. The fourth-order valence-electron chi connectivity index (χ4n) is 1.03. The Morgan fingerprint density at radius 1 is 1.50 bits per heavy atom. The molecule has 0 fully saturated rings. The van der Waals surface area contributed by atoms with Crippen molar-refractivity contribution < 1.29 is 0 Å². The van der Waals surface area contributed by atoms with Crippen LogP contribution in [0.4, 0.5) is 5.69 Å². The Bertz CT molecular complexity index is 392. The highest BCUT2D eigenvalue weighted by Gasteiger charge is 2.09. The lowest BCUT2D eigenvalue weighted by molar-refractivity contribution is 1.33. The number of halogens is 1. The van der Waals surface area contributed by atoms with E-state index in [2.05, 4.69) is 10.9 Å². The third kappa shape index (κ3) is 1.18. The molecule has 1 aromatic carbocycles. The van der Waals surface area contributed by atoms with Gasteiger partial charge in [0.2, 0.25) is 0 Å². The third-order valence-electron chi connectivity index (χ3n) is 1.69. The summed E-state index contributed by atoms with van der Waals surface area (Å²) < 4.78 is 0. The Labute approximate surface area is 80.2 Å². The average Bonchev–Trinajstić information content (AvgIpc) is 2.12. The van der Waals surface area contributed by atoms with Crippen molar-refractivity contribution >= 4 is 34.9 Å². The maximum Gasteiger partial charge on any atom is 0.106 e. The number of aliphatic imine (C=N–C) groups is 1. The molecule has 60 valence electrons. The molecule has 1 nitrogen and oxygen atoms in total. The number of hydrogen-bond donors (Lipinski definition) is 0. The SMILES string of the molecule is Cc1ccc2c(c1Cl)N=C=CS2. The van der Waals surface area contributed by atoms with Crippen LogP contribution in [-0.4, -0.2) is 5.87 Å². The topological polar surface area (TPSA) is 12.4 Å². The Balaban J connectivity index is 2.72. The van der Waals surface area contributed by atoms with Gasteiger partial charge < -0.3 is 0 Å². The lowest BCUT2D eigenvalue weighted by Crippen LogP contribution is -1.81. The lowest BCUT2D eigenvalue weighted by atomic mass is 10.2. The first kappa shape index (κ1) is 7.93. The zero-order valence-electron chi connectivity index (χ0n) is 6.47. The second-order valence-corrected chi connectivity index (χ2v) is 3.81. The van der Waals surface area contributed by atoms with E-state index in [1.54, 1.807) is 11.8 Å². The predicted octanol–water partition coefficient (Wildman–Crippen LogP) is 3.57. The molecule has 0 aliphatic carbocycles. The van der Waals surface area contributed by atoms with E-state index >= 15 is 0 Å². The van der Waals surface area contributed by atoms with Crippen molar-refractivity contribution in [2.45, 2.75) is 11.8 Å². The number of hydrogen-bond acceptors (Lipinski definition) is 2. The maximum absolute atomic E-state index is 6.05. The van der Waals surface area contributed by atoms with Crippen molar-refractivity contribution in [2.75, 3.05) is 0 Å². The van der Waals surface area contributed by atoms with Crippen LogP contribution in [0.25, 0.3) is 0 Å². The first-order valence-electron chi connectivity index (χ1n) is 3.53. The summed E-state index contributed by atoms with van der Waals surface area (Å²) in [5, 5.41) is 2.56. The van der Waals surface area contributed by atoms with Gasteiger partial charge in [0, 0.05) is 10.3 Å². The van der Waals surface area contributed by atoms with Crippen LogP contribution in [0.15, 0.2) is 27.4 Å². The van der Waals surface area contributed by atoms with Crippen LogP contribution in [0, 0.1) is 6.92 Å². The van der Waals surface area contributed by atoms with Crippen molar-refractivity contribution in [3.05, 3.63) is 28.1 Å². The van der Waals surface area contributed by atoms with Crippen LogP contribution < -0.4 is 0 Å². The number of rotatable bonds is 0. The van der Waals surface area contributed by atoms with E-state index in [0.717, 1.165) is 21.2 Å². The van der Waals surface area contributed by atoms with Crippen molar-refractivity contribution in [1.29, 1.82) is 0 Å². The van der Waals surface area contributed by atoms with Crippen LogP contribution in [0.5, 0.6) is 0 Å². The molecule has 0 radical (unpaired) electrons. The molecule has 0 bridgehead atoms. The Morgan fingerprint density at radius 2 is 2.33 bits per heavy atom. The van der Waals surface area contributed by atoms with E-state index in [9.17, 15) is 0 Å². The van der Waals surface area contributed by atoms with Crippen molar-refractivity contribution in [3.63, 3.8) is 0 Å². The van der Waals surface area contributed by atoms with Gasteiger partial charge in [-0.1, -0.05) is 29.4 Å². The van der Waals surface area contributed by atoms with Crippen LogP contribution in [0.1, 0.15) is 5.56 Å². The standard InChI is InChI=1S/C9H6ClNS/c1-6-2-3-7-9(8(6)10)11-4-5-12-7/h2-3,5H,1H3. The summed E-state index contributed by atoms with van der Waals surface area (Å²) in [5.74, 6) is 2.79. The quantitative estimate of drug-likeness (QED) is 0.617. The second-order valence-electron chi connectivity index (χ2n) is 2.52. The number of fused-ring (bicyclic) bond motifs is 1. The molecule has 0 saturated heterocycles. The zero-order chi connectivity index (χ0) is 8.55. The molecule has 0 saturated carbocycles. The van der Waals surface area contributed by atoms with Gasteiger partial charge in [0.05, 0.1) is 5.02 Å². The molecule has 2 rings (SSSR count). The van der Waals surface area contributed by atoms with Crippen molar-refractivity contribution in [2.24, 2.45) is 4.99 Å². The first-order chi connectivity index (χ1) is 5.79. The molecule has 0 atom stereocenters. The molecule has 0 amide bonds. The molecular formula is C9H6ClNS. The van der Waals surface area contributed by atoms with Gasteiger partial charge in [-0.25, -0.2) is 4.99 Å². The smallest absolute Gasteiger partial charge is 0.106 e. The van der Waals surface area contributed by atoms with Gasteiger partial charge in [0.1, 0.15) is 5.69 Å². The van der Waals surface area contributed by atoms with Gasteiger partial charge in [-0.3, -0.25) is 0 Å². The molecule has 1 heterocycles. The van der Waals surface area contributed by atoms with E-state index in [4.69, 9.17) is 11.6 Å².